The van der Waals surface area contributed by atoms with Crippen LogP contribution >= 0.6 is 24.0 Å². The Labute approximate surface area is 196 Å². The molecule has 2 rings (SSSR count). The largest absolute Gasteiger partial charge is 0.496 e. The first-order valence-electron chi connectivity index (χ1n) is 10.1. The van der Waals surface area contributed by atoms with Gasteiger partial charge in [-0.05, 0) is 62.1 Å². The molecule has 0 aliphatic rings. The summed E-state index contributed by atoms with van der Waals surface area (Å²) < 4.78 is 5.39. The smallest absolute Gasteiger partial charge is 0.251 e. The Morgan fingerprint density at radius 1 is 0.967 bits per heavy atom. The molecule has 0 aliphatic carbocycles. The van der Waals surface area contributed by atoms with Crippen LogP contribution in [0, 0.1) is 6.92 Å². The third-order valence-corrected chi connectivity index (χ3v) is 4.50. The third kappa shape index (κ3) is 8.22. The van der Waals surface area contributed by atoms with Gasteiger partial charge in [0.1, 0.15) is 5.75 Å². The number of nitrogens with zero attached hydrogens (tertiary/aromatic N) is 1. The molecule has 0 bridgehead atoms. The van der Waals surface area contributed by atoms with Crippen LogP contribution in [-0.2, 0) is 13.0 Å². The monoisotopic (exact) mass is 524 g/mol. The summed E-state index contributed by atoms with van der Waals surface area (Å²) in [5, 5.41) is 9.44. The number of carbonyl (C=O) groups is 1. The van der Waals surface area contributed by atoms with Crippen LogP contribution in [0.25, 0.3) is 0 Å². The normalized spacial score (nSPS) is 10.7. The molecule has 3 N–H and O–H groups in total. The van der Waals surface area contributed by atoms with Crippen molar-refractivity contribution in [2.45, 2.75) is 33.7 Å². The van der Waals surface area contributed by atoms with Gasteiger partial charge in [0.2, 0.25) is 0 Å². The Morgan fingerprint density at radius 3 is 2.27 bits per heavy atom. The molecule has 0 saturated heterocycles. The average molecular weight is 524 g/mol. The van der Waals surface area contributed by atoms with E-state index in [2.05, 4.69) is 39.1 Å². The van der Waals surface area contributed by atoms with Crippen molar-refractivity contribution in [1.82, 2.24) is 16.0 Å². The van der Waals surface area contributed by atoms with Crippen LogP contribution in [0.15, 0.2) is 47.5 Å². The van der Waals surface area contributed by atoms with Crippen molar-refractivity contribution in [3.63, 3.8) is 0 Å². The number of methoxy groups -OCH3 is 1. The van der Waals surface area contributed by atoms with Crippen molar-refractivity contribution in [3.8, 4) is 5.75 Å². The summed E-state index contributed by atoms with van der Waals surface area (Å²) in [6.07, 6.45) is 0.877. The molecule has 0 fully saturated rings. The highest BCUT2D eigenvalue weighted by molar-refractivity contribution is 14.0. The molecule has 30 heavy (non-hydrogen) atoms. The van der Waals surface area contributed by atoms with Crippen LogP contribution in [-0.4, -0.2) is 38.6 Å². The van der Waals surface area contributed by atoms with E-state index in [1.807, 2.05) is 45.0 Å². The van der Waals surface area contributed by atoms with Gasteiger partial charge in [-0.3, -0.25) is 4.79 Å². The standard InChI is InChI=1S/C23H32N4O2.HI/c1-5-24-22(28)20-11-9-19(10-12-20)16-27-23(25-6-2)26-14-13-18-8-7-17(3)21(15-18)29-4;/h7-12,15H,5-6,13-14,16H2,1-4H3,(H,24,28)(H2,25,26,27);1H. The lowest BCUT2D eigenvalue weighted by Gasteiger charge is -2.12. The van der Waals surface area contributed by atoms with Crippen molar-refractivity contribution < 1.29 is 9.53 Å². The number of aryl methyl sites for hydroxylation is 1. The van der Waals surface area contributed by atoms with Gasteiger partial charge in [0.25, 0.3) is 5.91 Å². The van der Waals surface area contributed by atoms with Gasteiger partial charge in [0, 0.05) is 25.2 Å². The maximum atomic E-state index is 11.8. The Balaban J connectivity index is 0.00000450. The van der Waals surface area contributed by atoms with Crippen LogP contribution in [0.1, 0.15) is 40.9 Å². The number of rotatable bonds is 9. The fourth-order valence-corrected chi connectivity index (χ4v) is 2.88. The maximum absolute atomic E-state index is 11.8. The topological polar surface area (TPSA) is 74.8 Å². The zero-order chi connectivity index (χ0) is 21.1. The molecule has 0 unspecified atom stereocenters. The number of nitrogens with one attached hydrogen (secondary N) is 3. The highest BCUT2D eigenvalue weighted by Crippen LogP contribution is 2.19. The van der Waals surface area contributed by atoms with Gasteiger partial charge in [-0.25, -0.2) is 4.99 Å². The summed E-state index contributed by atoms with van der Waals surface area (Å²) in [5.41, 5.74) is 4.07. The number of aliphatic imine (C=N–C) groups is 1. The summed E-state index contributed by atoms with van der Waals surface area (Å²) in [5.74, 6) is 1.64. The molecular weight excluding hydrogens is 491 g/mol. The van der Waals surface area contributed by atoms with Gasteiger partial charge < -0.3 is 20.7 Å². The molecule has 2 aromatic carbocycles. The van der Waals surface area contributed by atoms with Crippen LogP contribution in [0.4, 0.5) is 0 Å². The zero-order valence-corrected chi connectivity index (χ0v) is 20.6. The zero-order valence-electron chi connectivity index (χ0n) is 18.2. The number of amides is 1. The van der Waals surface area contributed by atoms with Gasteiger partial charge >= 0.3 is 0 Å². The number of guanidine groups is 1. The number of hydrogen-bond acceptors (Lipinski definition) is 3. The van der Waals surface area contributed by atoms with Crippen molar-refractivity contribution in [2.75, 3.05) is 26.7 Å². The van der Waals surface area contributed by atoms with Crippen molar-refractivity contribution in [1.29, 1.82) is 0 Å². The minimum Gasteiger partial charge on any atom is -0.496 e. The van der Waals surface area contributed by atoms with Crippen LogP contribution in [0.5, 0.6) is 5.75 Å². The molecule has 0 aromatic heterocycles. The lowest BCUT2D eigenvalue weighted by atomic mass is 10.1. The molecule has 0 aliphatic heterocycles. The van der Waals surface area contributed by atoms with E-state index >= 15 is 0 Å². The Morgan fingerprint density at radius 2 is 1.63 bits per heavy atom. The second kappa shape index (κ2) is 13.8. The molecule has 0 saturated carbocycles. The van der Waals surface area contributed by atoms with Gasteiger partial charge in [-0.2, -0.15) is 0 Å². The summed E-state index contributed by atoms with van der Waals surface area (Å²) >= 11 is 0. The quantitative estimate of drug-likeness (QED) is 0.266. The summed E-state index contributed by atoms with van der Waals surface area (Å²) in [7, 11) is 1.70. The van der Waals surface area contributed by atoms with E-state index in [-0.39, 0.29) is 29.9 Å². The molecular formula is C23H33IN4O2. The van der Waals surface area contributed by atoms with Crippen molar-refractivity contribution >= 4 is 35.8 Å². The van der Waals surface area contributed by atoms with E-state index in [0.717, 1.165) is 42.3 Å². The van der Waals surface area contributed by atoms with Gasteiger partial charge in [0.15, 0.2) is 5.96 Å². The summed E-state index contributed by atoms with van der Waals surface area (Å²) in [4.78, 5) is 16.5. The number of benzene rings is 2. The first-order valence-corrected chi connectivity index (χ1v) is 10.1. The van der Waals surface area contributed by atoms with E-state index in [1.165, 1.54) is 5.56 Å². The van der Waals surface area contributed by atoms with Crippen LogP contribution in [0.3, 0.4) is 0 Å². The Kier molecular flexibility index (Phi) is 11.9. The van der Waals surface area contributed by atoms with E-state index < -0.39 is 0 Å². The van der Waals surface area contributed by atoms with Crippen molar-refractivity contribution in [2.24, 2.45) is 4.99 Å². The number of ether oxygens (including phenoxy) is 1. The number of carbonyl (C=O) groups excluding carboxylic acids is 1. The fraction of sp³-hybridized carbons (Fsp3) is 0.391. The summed E-state index contributed by atoms with van der Waals surface area (Å²) in [6.45, 7) is 8.73. The second-order valence-corrected chi connectivity index (χ2v) is 6.73. The number of halogens is 1. The van der Waals surface area contributed by atoms with Gasteiger partial charge in [0.05, 0.1) is 13.7 Å². The minimum atomic E-state index is -0.0507. The summed E-state index contributed by atoms with van der Waals surface area (Å²) in [6, 6.07) is 13.8. The lowest BCUT2D eigenvalue weighted by molar-refractivity contribution is 0.0956. The lowest BCUT2D eigenvalue weighted by Crippen LogP contribution is -2.38. The maximum Gasteiger partial charge on any atom is 0.251 e. The Hall–Kier alpha value is -2.29. The molecule has 0 spiro atoms. The minimum absolute atomic E-state index is 0. The molecule has 7 heteroatoms. The molecule has 164 valence electrons. The molecule has 2 aromatic rings. The first kappa shape index (κ1) is 25.7. The average Bonchev–Trinajstić information content (AvgIpc) is 2.73. The predicted molar refractivity (Wildman–Crippen MR) is 134 cm³/mol. The molecule has 6 nitrogen and oxygen atoms in total. The molecule has 0 atom stereocenters. The van der Waals surface area contributed by atoms with Crippen LogP contribution < -0.4 is 20.7 Å². The van der Waals surface area contributed by atoms with E-state index in [4.69, 9.17) is 4.74 Å². The second-order valence-electron chi connectivity index (χ2n) is 6.73. The highest BCUT2D eigenvalue weighted by atomic mass is 127. The molecule has 0 heterocycles. The van der Waals surface area contributed by atoms with Gasteiger partial charge in [-0.15, -0.1) is 24.0 Å². The van der Waals surface area contributed by atoms with Crippen LogP contribution in [0.2, 0.25) is 0 Å². The SMILES string of the molecule is CCNC(=O)c1ccc(CN=C(NCC)NCCc2ccc(C)c(OC)c2)cc1.I. The van der Waals surface area contributed by atoms with Gasteiger partial charge in [-0.1, -0.05) is 24.3 Å². The molecule has 0 radical (unpaired) electrons. The first-order chi connectivity index (χ1) is 14.1. The third-order valence-electron chi connectivity index (χ3n) is 4.50. The highest BCUT2D eigenvalue weighted by Gasteiger charge is 2.04. The number of hydrogen-bond donors (Lipinski definition) is 3. The van der Waals surface area contributed by atoms with Crippen molar-refractivity contribution in [3.05, 3.63) is 64.7 Å². The predicted octanol–water partition coefficient (Wildman–Crippen LogP) is 3.67. The van der Waals surface area contributed by atoms with E-state index in [0.29, 0.717) is 18.7 Å². The fourth-order valence-electron chi connectivity index (χ4n) is 2.88. The molecule has 1 amide bonds. The Bertz CT molecular complexity index is 822. The van der Waals surface area contributed by atoms with E-state index in [9.17, 15) is 4.79 Å². The van der Waals surface area contributed by atoms with E-state index in [1.54, 1.807) is 7.11 Å².